The molecule has 0 saturated carbocycles. The van der Waals surface area contributed by atoms with Gasteiger partial charge in [0.05, 0.1) is 32.5 Å². The van der Waals surface area contributed by atoms with Crippen LogP contribution in [0.3, 0.4) is 0 Å². The lowest BCUT2D eigenvalue weighted by Crippen LogP contribution is -2.30. The summed E-state index contributed by atoms with van der Waals surface area (Å²) in [4.78, 5) is 25.8. The minimum atomic E-state index is -0.432. The maximum absolute atomic E-state index is 15.2. The van der Waals surface area contributed by atoms with Gasteiger partial charge in [0.2, 0.25) is 0 Å². The average molecular weight is 634 g/mol. The average Bonchev–Trinajstić information content (AvgIpc) is 3.06. The molecule has 236 valence electrons. The zero-order chi connectivity index (χ0) is 32.0. The van der Waals surface area contributed by atoms with E-state index in [0.29, 0.717) is 60.1 Å². The Morgan fingerprint density at radius 1 is 0.844 bits per heavy atom. The summed E-state index contributed by atoms with van der Waals surface area (Å²) in [5.41, 5.74) is 2.84. The number of benzene rings is 4. The lowest BCUT2D eigenvalue weighted by atomic mass is 10.1. The monoisotopic (exact) mass is 633 g/mol. The third-order valence-electron chi connectivity index (χ3n) is 7.22. The molecule has 0 bridgehead atoms. The molecular formula is C36H37ClFNO6. The first kappa shape index (κ1) is 33.6. The molecule has 0 heterocycles. The SMILES string of the molecule is COC(=O)CCCCN(Cc1ccc(C(=O)OC)cc1)C[C@H](OCc1ccc(Oc2ccc(Cl)cc2)cc1F)c1ccccc1. The second kappa shape index (κ2) is 17.3. The van der Waals surface area contributed by atoms with Crippen molar-refractivity contribution in [3.8, 4) is 11.5 Å². The van der Waals surface area contributed by atoms with E-state index in [1.807, 2.05) is 42.5 Å². The van der Waals surface area contributed by atoms with E-state index in [0.717, 1.165) is 17.5 Å². The Labute approximate surface area is 268 Å². The van der Waals surface area contributed by atoms with Gasteiger partial charge in [-0.1, -0.05) is 60.1 Å². The number of unbranched alkanes of at least 4 members (excludes halogenated alkanes) is 1. The summed E-state index contributed by atoms with van der Waals surface area (Å²) in [7, 11) is 2.74. The van der Waals surface area contributed by atoms with Crippen molar-refractivity contribution in [3.63, 3.8) is 0 Å². The van der Waals surface area contributed by atoms with Gasteiger partial charge in [0, 0.05) is 36.2 Å². The number of esters is 2. The van der Waals surface area contributed by atoms with Gasteiger partial charge in [-0.25, -0.2) is 9.18 Å². The smallest absolute Gasteiger partial charge is 0.337 e. The van der Waals surface area contributed by atoms with Crippen LogP contribution in [-0.4, -0.2) is 44.1 Å². The molecule has 0 aromatic heterocycles. The minimum Gasteiger partial charge on any atom is -0.469 e. The van der Waals surface area contributed by atoms with E-state index in [1.54, 1.807) is 48.5 Å². The third-order valence-corrected chi connectivity index (χ3v) is 7.48. The number of carbonyl (C=O) groups is 2. The van der Waals surface area contributed by atoms with Gasteiger partial charge in [-0.2, -0.15) is 0 Å². The summed E-state index contributed by atoms with van der Waals surface area (Å²) in [5.74, 6) is -0.139. The Morgan fingerprint density at radius 3 is 2.22 bits per heavy atom. The van der Waals surface area contributed by atoms with Gasteiger partial charge in [-0.3, -0.25) is 9.69 Å². The van der Waals surface area contributed by atoms with Gasteiger partial charge in [0.25, 0.3) is 0 Å². The van der Waals surface area contributed by atoms with Crippen LogP contribution in [0.5, 0.6) is 11.5 Å². The highest BCUT2D eigenvalue weighted by Gasteiger charge is 2.19. The normalized spacial score (nSPS) is 11.7. The van der Waals surface area contributed by atoms with Crippen molar-refractivity contribution < 1.29 is 32.9 Å². The van der Waals surface area contributed by atoms with E-state index in [2.05, 4.69) is 4.90 Å². The van der Waals surface area contributed by atoms with Gasteiger partial charge in [-0.05, 0) is 73.0 Å². The van der Waals surface area contributed by atoms with E-state index >= 15 is 4.39 Å². The highest BCUT2D eigenvalue weighted by atomic mass is 35.5. The summed E-state index contributed by atoms with van der Waals surface area (Å²) in [6.45, 7) is 1.84. The molecular weight excluding hydrogens is 597 g/mol. The van der Waals surface area contributed by atoms with E-state index in [-0.39, 0.29) is 18.7 Å². The number of methoxy groups -OCH3 is 2. The number of hydrogen-bond acceptors (Lipinski definition) is 7. The first-order chi connectivity index (χ1) is 21.8. The summed E-state index contributed by atoms with van der Waals surface area (Å²) in [6.07, 6.45) is 1.41. The predicted octanol–water partition coefficient (Wildman–Crippen LogP) is 8.16. The molecule has 0 aliphatic carbocycles. The van der Waals surface area contributed by atoms with Crippen LogP contribution in [0.2, 0.25) is 5.02 Å². The van der Waals surface area contributed by atoms with Crippen LogP contribution in [0.4, 0.5) is 4.39 Å². The summed E-state index contributed by atoms with van der Waals surface area (Å²) >= 11 is 5.94. The van der Waals surface area contributed by atoms with Gasteiger partial charge >= 0.3 is 11.9 Å². The first-order valence-corrected chi connectivity index (χ1v) is 15.1. The van der Waals surface area contributed by atoms with Crippen LogP contribution >= 0.6 is 11.6 Å². The molecule has 1 atom stereocenters. The lowest BCUT2D eigenvalue weighted by molar-refractivity contribution is -0.140. The maximum atomic E-state index is 15.2. The van der Waals surface area contributed by atoms with E-state index in [9.17, 15) is 9.59 Å². The molecule has 9 heteroatoms. The molecule has 0 unspecified atom stereocenters. The van der Waals surface area contributed by atoms with Crippen LogP contribution < -0.4 is 4.74 Å². The highest BCUT2D eigenvalue weighted by Crippen LogP contribution is 2.27. The molecule has 0 aliphatic rings. The number of rotatable bonds is 16. The van der Waals surface area contributed by atoms with Gasteiger partial charge < -0.3 is 18.9 Å². The molecule has 4 aromatic rings. The first-order valence-electron chi connectivity index (χ1n) is 14.7. The van der Waals surface area contributed by atoms with Crippen LogP contribution in [0.1, 0.15) is 52.4 Å². The summed E-state index contributed by atoms with van der Waals surface area (Å²) in [6, 6.07) is 28.7. The molecule has 4 rings (SSSR count). The van der Waals surface area contributed by atoms with E-state index in [4.69, 9.17) is 30.5 Å². The number of halogens is 2. The molecule has 45 heavy (non-hydrogen) atoms. The van der Waals surface area contributed by atoms with Crippen molar-refractivity contribution in [3.05, 3.63) is 130 Å². The zero-order valence-electron chi connectivity index (χ0n) is 25.4. The predicted molar refractivity (Wildman–Crippen MR) is 171 cm³/mol. The molecule has 0 aliphatic heterocycles. The third kappa shape index (κ3) is 10.7. The van der Waals surface area contributed by atoms with E-state index < -0.39 is 11.8 Å². The highest BCUT2D eigenvalue weighted by molar-refractivity contribution is 6.30. The minimum absolute atomic E-state index is 0.0522. The fourth-order valence-corrected chi connectivity index (χ4v) is 4.88. The largest absolute Gasteiger partial charge is 0.469 e. The maximum Gasteiger partial charge on any atom is 0.337 e. The van der Waals surface area contributed by atoms with Crippen molar-refractivity contribution in [2.45, 2.75) is 38.5 Å². The molecule has 0 saturated heterocycles. The fraction of sp³-hybridized carbons (Fsp3) is 0.278. The van der Waals surface area contributed by atoms with Crippen molar-refractivity contribution in [2.75, 3.05) is 27.3 Å². The quantitative estimate of drug-likeness (QED) is 0.0910. The van der Waals surface area contributed by atoms with Gasteiger partial charge in [0.1, 0.15) is 17.3 Å². The van der Waals surface area contributed by atoms with Crippen LogP contribution in [0, 0.1) is 5.82 Å². The van der Waals surface area contributed by atoms with Crippen molar-refractivity contribution in [2.24, 2.45) is 0 Å². The van der Waals surface area contributed by atoms with Crippen molar-refractivity contribution in [1.82, 2.24) is 4.90 Å². The molecule has 0 fully saturated rings. The molecule has 4 aromatic carbocycles. The Hall–Kier alpha value is -4.24. The number of nitrogens with zero attached hydrogens (tertiary/aromatic N) is 1. The number of carbonyl (C=O) groups excluding carboxylic acids is 2. The second-order valence-electron chi connectivity index (χ2n) is 10.5. The Balaban J connectivity index is 1.48. The van der Waals surface area contributed by atoms with Gasteiger partial charge in [0.15, 0.2) is 0 Å². The standard InChI is InChI=1S/C36H37ClFNO6/c1-42-35(40)10-6-7-21-39(23-26-11-13-28(14-12-26)36(41)43-2)24-34(27-8-4-3-5-9-27)44-25-29-15-18-32(22-33(29)38)45-31-19-16-30(37)17-20-31/h3-5,8-9,11-20,22,34H,6-7,10,21,23-25H2,1-2H3/t34-/m0/s1. The Bertz CT molecular complexity index is 1520. The number of ether oxygens (including phenoxy) is 4. The second-order valence-corrected chi connectivity index (χ2v) is 10.9. The van der Waals surface area contributed by atoms with Crippen molar-refractivity contribution in [1.29, 1.82) is 0 Å². The van der Waals surface area contributed by atoms with E-state index in [1.165, 1.54) is 20.3 Å². The number of hydrogen-bond donors (Lipinski definition) is 0. The Kier molecular flexibility index (Phi) is 12.9. The summed E-state index contributed by atoms with van der Waals surface area (Å²) in [5, 5.41) is 0.588. The van der Waals surface area contributed by atoms with Crippen molar-refractivity contribution >= 4 is 23.5 Å². The molecule has 0 spiro atoms. The molecule has 0 N–H and O–H groups in total. The fourth-order valence-electron chi connectivity index (χ4n) is 4.76. The summed E-state index contributed by atoms with van der Waals surface area (Å²) < 4.78 is 36.9. The van der Waals surface area contributed by atoms with Crippen LogP contribution in [-0.2, 0) is 32.2 Å². The molecule has 0 amide bonds. The zero-order valence-corrected chi connectivity index (χ0v) is 26.2. The Morgan fingerprint density at radius 2 is 1.56 bits per heavy atom. The molecule has 0 radical (unpaired) electrons. The van der Waals surface area contributed by atoms with Crippen LogP contribution in [0.25, 0.3) is 0 Å². The van der Waals surface area contributed by atoms with Crippen LogP contribution in [0.15, 0.2) is 97.1 Å². The lowest BCUT2D eigenvalue weighted by Gasteiger charge is -2.28. The molecule has 7 nitrogen and oxygen atoms in total. The van der Waals surface area contributed by atoms with Gasteiger partial charge in [-0.15, -0.1) is 0 Å². The topological polar surface area (TPSA) is 74.3 Å².